The molecule has 0 unspecified atom stereocenters. The highest BCUT2D eigenvalue weighted by atomic mass is 16.5. The molecule has 1 N–H and O–H groups in total. The van der Waals surface area contributed by atoms with Crippen LogP contribution in [0.1, 0.15) is 31.8 Å². The second-order valence-electron chi connectivity index (χ2n) is 7.35. The number of amides is 2. The Labute approximate surface area is 173 Å². The molecule has 0 spiro atoms. The molecule has 1 aliphatic rings. The second kappa shape index (κ2) is 7.52. The summed E-state index contributed by atoms with van der Waals surface area (Å²) in [5, 5.41) is 1.04. The van der Waals surface area contributed by atoms with Gasteiger partial charge in [0, 0.05) is 23.6 Å². The smallest absolute Gasteiger partial charge is 0.261 e. The molecule has 2 amide bonds. The monoisotopic (exact) mass is 396 g/mol. The molecule has 0 saturated heterocycles. The first kappa shape index (κ1) is 18.2. The summed E-state index contributed by atoms with van der Waals surface area (Å²) in [6, 6.07) is 22.9. The number of H-pyrrole nitrogens is 1. The number of fused-ring (bicyclic) bond motifs is 2. The van der Waals surface area contributed by atoms with Crippen molar-refractivity contribution >= 4 is 22.7 Å². The van der Waals surface area contributed by atoms with Crippen LogP contribution in [0.4, 0.5) is 0 Å². The summed E-state index contributed by atoms with van der Waals surface area (Å²) in [4.78, 5) is 29.8. The SMILES string of the molecule is O=C1c2ccccc2C(=O)N1CCc1c[nH]c2ccc(OCc3ccccc3)cc12. The van der Waals surface area contributed by atoms with Gasteiger partial charge in [-0.1, -0.05) is 42.5 Å². The van der Waals surface area contributed by atoms with Crippen LogP contribution in [0.15, 0.2) is 79.0 Å². The Balaban J connectivity index is 1.32. The fourth-order valence-corrected chi connectivity index (χ4v) is 3.87. The largest absolute Gasteiger partial charge is 0.489 e. The fourth-order valence-electron chi connectivity index (χ4n) is 3.87. The minimum absolute atomic E-state index is 0.220. The van der Waals surface area contributed by atoms with E-state index >= 15 is 0 Å². The lowest BCUT2D eigenvalue weighted by atomic mass is 10.1. The van der Waals surface area contributed by atoms with E-state index in [4.69, 9.17) is 4.74 Å². The van der Waals surface area contributed by atoms with E-state index in [0.29, 0.717) is 30.7 Å². The number of nitrogens with zero attached hydrogens (tertiary/aromatic N) is 1. The number of hydrogen-bond acceptors (Lipinski definition) is 3. The number of carbonyl (C=O) groups excluding carboxylic acids is 2. The van der Waals surface area contributed by atoms with Gasteiger partial charge in [-0.3, -0.25) is 14.5 Å². The molecule has 0 saturated carbocycles. The molecule has 5 nitrogen and oxygen atoms in total. The van der Waals surface area contributed by atoms with Crippen molar-refractivity contribution in [1.82, 2.24) is 9.88 Å². The average molecular weight is 396 g/mol. The molecular formula is C25H20N2O3. The minimum atomic E-state index is -0.220. The zero-order chi connectivity index (χ0) is 20.5. The summed E-state index contributed by atoms with van der Waals surface area (Å²) in [5.74, 6) is 0.345. The van der Waals surface area contributed by atoms with Crippen molar-refractivity contribution in [2.24, 2.45) is 0 Å². The Morgan fingerprint density at radius 1 is 0.833 bits per heavy atom. The molecule has 3 aromatic carbocycles. The van der Waals surface area contributed by atoms with Crippen LogP contribution in [0.5, 0.6) is 5.75 Å². The van der Waals surface area contributed by atoms with Gasteiger partial charge >= 0.3 is 0 Å². The predicted molar refractivity (Wildman–Crippen MR) is 115 cm³/mol. The van der Waals surface area contributed by atoms with Crippen molar-refractivity contribution in [3.05, 3.63) is 101 Å². The summed E-state index contributed by atoms with van der Waals surface area (Å²) in [7, 11) is 0. The number of nitrogens with one attached hydrogen (secondary N) is 1. The maximum absolute atomic E-state index is 12.6. The highest BCUT2D eigenvalue weighted by Gasteiger charge is 2.34. The fraction of sp³-hybridized carbons (Fsp3) is 0.120. The van der Waals surface area contributed by atoms with E-state index in [0.717, 1.165) is 27.8 Å². The number of aromatic amines is 1. The summed E-state index contributed by atoms with van der Waals surface area (Å²) < 4.78 is 5.95. The quantitative estimate of drug-likeness (QED) is 0.485. The summed E-state index contributed by atoms with van der Waals surface area (Å²) in [6.07, 6.45) is 2.51. The van der Waals surface area contributed by atoms with Gasteiger partial charge in [-0.05, 0) is 47.9 Å². The van der Waals surface area contributed by atoms with Gasteiger partial charge in [-0.25, -0.2) is 0 Å². The van der Waals surface area contributed by atoms with Gasteiger partial charge in [0.15, 0.2) is 0 Å². The van der Waals surface area contributed by atoms with Gasteiger partial charge in [0.1, 0.15) is 12.4 Å². The molecule has 0 atom stereocenters. The number of benzene rings is 3. The number of ether oxygens (including phenoxy) is 1. The molecule has 0 fully saturated rings. The van der Waals surface area contributed by atoms with Crippen molar-refractivity contribution in [2.45, 2.75) is 13.0 Å². The van der Waals surface area contributed by atoms with Gasteiger partial charge in [-0.2, -0.15) is 0 Å². The van der Waals surface area contributed by atoms with Crippen LogP contribution >= 0.6 is 0 Å². The van der Waals surface area contributed by atoms with Gasteiger partial charge in [0.2, 0.25) is 0 Å². The van der Waals surface area contributed by atoms with Gasteiger partial charge in [0.05, 0.1) is 11.1 Å². The van der Waals surface area contributed by atoms with Gasteiger partial charge in [0.25, 0.3) is 11.8 Å². The normalized spacial score (nSPS) is 13.1. The molecule has 148 valence electrons. The maximum Gasteiger partial charge on any atom is 0.261 e. The zero-order valence-electron chi connectivity index (χ0n) is 16.3. The third kappa shape index (κ3) is 3.24. The van der Waals surface area contributed by atoms with Crippen molar-refractivity contribution in [1.29, 1.82) is 0 Å². The first-order valence-corrected chi connectivity index (χ1v) is 9.93. The molecule has 0 radical (unpaired) electrons. The lowest BCUT2D eigenvalue weighted by Gasteiger charge is -2.13. The van der Waals surface area contributed by atoms with Crippen LogP contribution in [-0.4, -0.2) is 28.2 Å². The lowest BCUT2D eigenvalue weighted by Crippen LogP contribution is -2.31. The first-order valence-electron chi connectivity index (χ1n) is 9.93. The Morgan fingerprint density at radius 2 is 1.53 bits per heavy atom. The van der Waals surface area contributed by atoms with Crippen LogP contribution in [0, 0.1) is 0 Å². The van der Waals surface area contributed by atoms with Crippen molar-refractivity contribution < 1.29 is 14.3 Å². The number of hydrogen-bond donors (Lipinski definition) is 1. The molecule has 5 rings (SSSR count). The number of aromatic nitrogens is 1. The van der Waals surface area contributed by atoms with E-state index in [1.54, 1.807) is 24.3 Å². The predicted octanol–water partition coefficient (Wildman–Crippen LogP) is 4.59. The van der Waals surface area contributed by atoms with Crippen molar-refractivity contribution in [3.63, 3.8) is 0 Å². The number of carbonyl (C=O) groups is 2. The van der Waals surface area contributed by atoms with Crippen LogP contribution in [0.3, 0.4) is 0 Å². The number of rotatable bonds is 6. The minimum Gasteiger partial charge on any atom is -0.489 e. The van der Waals surface area contributed by atoms with E-state index in [-0.39, 0.29) is 11.8 Å². The first-order chi connectivity index (χ1) is 14.7. The number of imide groups is 1. The zero-order valence-corrected chi connectivity index (χ0v) is 16.3. The third-order valence-corrected chi connectivity index (χ3v) is 5.47. The Kier molecular flexibility index (Phi) is 4.56. The third-order valence-electron chi connectivity index (χ3n) is 5.47. The van der Waals surface area contributed by atoms with Gasteiger partial charge in [-0.15, -0.1) is 0 Å². The molecule has 1 aliphatic heterocycles. The molecule has 2 heterocycles. The van der Waals surface area contributed by atoms with E-state index in [2.05, 4.69) is 4.98 Å². The van der Waals surface area contributed by atoms with Crippen LogP contribution in [-0.2, 0) is 13.0 Å². The summed E-state index contributed by atoms with van der Waals surface area (Å²) in [6.45, 7) is 0.843. The summed E-state index contributed by atoms with van der Waals surface area (Å²) >= 11 is 0. The molecule has 1 aromatic heterocycles. The van der Waals surface area contributed by atoms with Crippen LogP contribution < -0.4 is 4.74 Å². The van der Waals surface area contributed by atoms with Crippen LogP contribution in [0.25, 0.3) is 10.9 Å². The highest BCUT2D eigenvalue weighted by molar-refractivity contribution is 6.21. The van der Waals surface area contributed by atoms with Crippen molar-refractivity contribution in [3.8, 4) is 5.75 Å². The molecule has 4 aromatic rings. The van der Waals surface area contributed by atoms with Crippen LogP contribution in [0.2, 0.25) is 0 Å². The Hall–Kier alpha value is -3.86. The highest BCUT2D eigenvalue weighted by Crippen LogP contribution is 2.27. The Morgan fingerprint density at radius 3 is 2.27 bits per heavy atom. The molecular weight excluding hydrogens is 376 g/mol. The molecule has 5 heteroatoms. The molecule has 0 bridgehead atoms. The van der Waals surface area contributed by atoms with Gasteiger partial charge < -0.3 is 9.72 Å². The topological polar surface area (TPSA) is 62.4 Å². The Bertz CT molecular complexity index is 1210. The van der Waals surface area contributed by atoms with E-state index in [9.17, 15) is 9.59 Å². The second-order valence-corrected chi connectivity index (χ2v) is 7.35. The van der Waals surface area contributed by atoms with E-state index in [1.165, 1.54) is 4.90 Å². The van der Waals surface area contributed by atoms with Crippen molar-refractivity contribution in [2.75, 3.05) is 6.54 Å². The standard InChI is InChI=1S/C25H20N2O3/c28-24-20-8-4-5-9-21(20)25(29)27(24)13-12-18-15-26-23-11-10-19(14-22(18)23)30-16-17-6-2-1-3-7-17/h1-11,14-15,26H,12-13,16H2. The lowest BCUT2D eigenvalue weighted by molar-refractivity contribution is 0.0656. The maximum atomic E-state index is 12.6. The summed E-state index contributed by atoms with van der Waals surface area (Å²) in [5.41, 5.74) is 4.12. The molecule has 0 aliphatic carbocycles. The molecule has 30 heavy (non-hydrogen) atoms. The van der Waals surface area contributed by atoms with E-state index < -0.39 is 0 Å². The average Bonchev–Trinajstić information content (AvgIpc) is 3.30. The van der Waals surface area contributed by atoms with E-state index in [1.807, 2.05) is 54.7 Å².